The number of unbranched alkanes of at least 4 members (excludes halogenated alkanes) is 2. The van der Waals surface area contributed by atoms with Crippen molar-refractivity contribution in [3.8, 4) is 0 Å². The summed E-state index contributed by atoms with van der Waals surface area (Å²) in [4.78, 5) is 2.79. The van der Waals surface area contributed by atoms with Crippen molar-refractivity contribution in [2.75, 3.05) is 6.61 Å². The van der Waals surface area contributed by atoms with Crippen LogP contribution >= 0.6 is 0 Å². The van der Waals surface area contributed by atoms with E-state index in [9.17, 15) is 5.11 Å². The summed E-state index contributed by atoms with van der Waals surface area (Å²) in [6, 6.07) is 7.51. The molecule has 26 heavy (non-hydrogen) atoms. The number of hydrogen-bond donors (Lipinski definition) is 2. The molecule has 2 aliphatic rings. The van der Waals surface area contributed by atoms with E-state index in [-0.39, 0.29) is 12.0 Å². The van der Waals surface area contributed by atoms with Crippen molar-refractivity contribution in [2.24, 2.45) is 28.8 Å². The molecule has 1 aromatic carbocycles. The quantitative estimate of drug-likeness (QED) is 0.290. The fourth-order valence-electron chi connectivity index (χ4n) is 4.93. The van der Waals surface area contributed by atoms with Crippen LogP contribution in [0, 0.1) is 23.7 Å². The highest BCUT2D eigenvalue weighted by atomic mass is 16.3. The Labute approximate surface area is 155 Å². The zero-order valence-corrected chi connectivity index (χ0v) is 15.2. The summed E-state index contributed by atoms with van der Waals surface area (Å²) in [5.41, 5.74) is 10.1. The monoisotopic (exact) mass is 355 g/mol. The van der Waals surface area contributed by atoms with E-state index in [1.807, 2.05) is 24.3 Å². The highest BCUT2D eigenvalue weighted by Gasteiger charge is 2.46. The van der Waals surface area contributed by atoms with Crippen molar-refractivity contribution in [3.63, 3.8) is 0 Å². The van der Waals surface area contributed by atoms with Crippen LogP contribution in [0.25, 0.3) is 16.5 Å². The Morgan fingerprint density at radius 1 is 1.12 bits per heavy atom. The summed E-state index contributed by atoms with van der Waals surface area (Å²) in [6.45, 7) is 0.304. The molecule has 1 unspecified atom stereocenters. The summed E-state index contributed by atoms with van der Waals surface area (Å²) in [7, 11) is 0. The third-order valence-corrected chi connectivity index (χ3v) is 6.16. The maximum Gasteiger partial charge on any atom is 0.0608 e. The van der Waals surface area contributed by atoms with E-state index in [0.717, 1.165) is 30.7 Å². The van der Waals surface area contributed by atoms with Crippen LogP contribution in [-0.4, -0.2) is 22.9 Å². The van der Waals surface area contributed by atoms with Crippen LogP contribution in [0.2, 0.25) is 0 Å². The molecule has 3 rings (SSSR count). The van der Waals surface area contributed by atoms with Gasteiger partial charge in [0.25, 0.3) is 0 Å². The Bertz CT molecular complexity index is 652. The first-order chi connectivity index (χ1) is 12.7. The molecule has 2 saturated carbocycles. The van der Waals surface area contributed by atoms with Crippen LogP contribution in [0.1, 0.15) is 50.5 Å². The van der Waals surface area contributed by atoms with Gasteiger partial charge in [-0.3, -0.25) is 0 Å². The molecule has 0 amide bonds. The van der Waals surface area contributed by atoms with Crippen molar-refractivity contribution in [2.45, 2.75) is 51.0 Å². The van der Waals surface area contributed by atoms with Crippen LogP contribution in [0.4, 0.5) is 5.69 Å². The summed E-state index contributed by atoms with van der Waals surface area (Å²) < 4.78 is 0. The molecule has 0 radical (unpaired) electrons. The molecular formula is C21H29N3O2. The molecular weight excluding hydrogens is 326 g/mol. The zero-order chi connectivity index (χ0) is 18.4. The Hall–Kier alpha value is -1.81. The fraction of sp³-hybridized carbons (Fsp3) is 0.619. The third kappa shape index (κ3) is 4.67. The number of fused-ring (bicyclic) bond motifs is 1. The van der Waals surface area contributed by atoms with Crippen LogP contribution in [-0.2, 0) is 0 Å². The van der Waals surface area contributed by atoms with Crippen molar-refractivity contribution in [3.05, 3.63) is 46.3 Å². The van der Waals surface area contributed by atoms with Gasteiger partial charge in [0.05, 0.1) is 6.10 Å². The minimum atomic E-state index is -0.223. The van der Waals surface area contributed by atoms with Crippen molar-refractivity contribution in [1.29, 1.82) is 0 Å². The highest BCUT2D eigenvalue weighted by Crippen LogP contribution is 2.51. The molecule has 140 valence electrons. The normalized spacial score (nSPS) is 30.5. The number of nitrogens with zero attached hydrogens (tertiary/aromatic N) is 3. The van der Waals surface area contributed by atoms with Crippen molar-refractivity contribution < 1.29 is 10.2 Å². The Morgan fingerprint density at radius 3 is 2.65 bits per heavy atom. The standard InChI is InChI=1S/C21H29N3O2/c22-24-23-18-8-5-15(6-9-18)7-10-19-20-13-16(4-2-1-3-11-25)12-17(20)14-21(19)26/h5-10,16-17,19-21,25-26H,1-4,11-14H2/b10-7+/t16?,17-,19+,20-,21+/m0/s1. The van der Waals surface area contributed by atoms with Crippen molar-refractivity contribution in [1.82, 2.24) is 0 Å². The second-order valence-electron chi connectivity index (χ2n) is 7.85. The van der Waals surface area contributed by atoms with Crippen LogP contribution < -0.4 is 0 Å². The molecule has 0 bridgehead atoms. The molecule has 1 aromatic rings. The first kappa shape index (κ1) is 19.0. The summed E-state index contributed by atoms with van der Waals surface area (Å²) in [6.07, 6.45) is 12.0. The SMILES string of the molecule is [N-]=[N+]=Nc1ccc(/C=C/[C@@H]2[C@H]3CC(CCCCCO)C[C@H]3C[C@H]2O)cc1. The number of hydrogen-bond acceptors (Lipinski definition) is 3. The van der Waals surface area contributed by atoms with E-state index < -0.39 is 0 Å². The van der Waals surface area contributed by atoms with Crippen LogP contribution in [0.15, 0.2) is 35.5 Å². The molecule has 2 aliphatic carbocycles. The molecule has 0 aliphatic heterocycles. The van der Waals surface area contributed by atoms with E-state index in [1.165, 1.54) is 25.7 Å². The summed E-state index contributed by atoms with van der Waals surface area (Å²) in [5, 5.41) is 23.0. The average molecular weight is 355 g/mol. The van der Waals surface area contributed by atoms with E-state index >= 15 is 0 Å². The van der Waals surface area contributed by atoms with Gasteiger partial charge in [0.1, 0.15) is 0 Å². The third-order valence-electron chi connectivity index (χ3n) is 6.16. The lowest BCUT2D eigenvalue weighted by atomic mass is 9.89. The first-order valence-electron chi connectivity index (χ1n) is 9.83. The Morgan fingerprint density at radius 2 is 1.92 bits per heavy atom. The van der Waals surface area contributed by atoms with E-state index in [4.69, 9.17) is 10.6 Å². The topological polar surface area (TPSA) is 89.2 Å². The van der Waals surface area contributed by atoms with Gasteiger partial charge in [-0.15, -0.1) is 0 Å². The van der Waals surface area contributed by atoms with E-state index in [1.54, 1.807) is 0 Å². The summed E-state index contributed by atoms with van der Waals surface area (Å²) in [5.74, 6) is 2.30. The van der Waals surface area contributed by atoms with Crippen molar-refractivity contribution >= 4 is 11.8 Å². The molecule has 0 heterocycles. The van der Waals surface area contributed by atoms with Gasteiger partial charge in [0.2, 0.25) is 0 Å². The van der Waals surface area contributed by atoms with Gasteiger partial charge in [0.15, 0.2) is 0 Å². The Balaban J connectivity index is 1.56. The molecule has 2 fully saturated rings. The average Bonchev–Trinajstić information content (AvgIpc) is 3.15. The Kier molecular flexibility index (Phi) is 6.73. The maximum absolute atomic E-state index is 10.5. The molecule has 5 atom stereocenters. The van der Waals surface area contributed by atoms with Gasteiger partial charge in [-0.2, -0.15) is 0 Å². The van der Waals surface area contributed by atoms with E-state index in [0.29, 0.717) is 24.1 Å². The van der Waals surface area contributed by atoms with Gasteiger partial charge in [0, 0.05) is 23.1 Å². The van der Waals surface area contributed by atoms with E-state index in [2.05, 4.69) is 22.2 Å². The van der Waals surface area contributed by atoms with Gasteiger partial charge in [-0.05, 0) is 54.5 Å². The molecule has 5 nitrogen and oxygen atoms in total. The second-order valence-corrected chi connectivity index (χ2v) is 7.85. The lowest BCUT2D eigenvalue weighted by molar-refractivity contribution is 0.135. The minimum absolute atomic E-state index is 0.223. The fourth-order valence-corrected chi connectivity index (χ4v) is 4.93. The van der Waals surface area contributed by atoms with Crippen LogP contribution in [0.5, 0.6) is 0 Å². The number of rotatable bonds is 8. The highest BCUT2D eigenvalue weighted by molar-refractivity contribution is 5.53. The van der Waals surface area contributed by atoms with Gasteiger partial charge in [-0.25, -0.2) is 0 Å². The van der Waals surface area contributed by atoms with Crippen LogP contribution in [0.3, 0.4) is 0 Å². The lowest BCUT2D eigenvalue weighted by Gasteiger charge is -2.18. The number of aliphatic hydroxyl groups excluding tert-OH is 2. The minimum Gasteiger partial charge on any atom is -0.396 e. The summed E-state index contributed by atoms with van der Waals surface area (Å²) >= 11 is 0. The zero-order valence-electron chi connectivity index (χ0n) is 15.2. The smallest absolute Gasteiger partial charge is 0.0608 e. The molecule has 0 spiro atoms. The predicted molar refractivity (Wildman–Crippen MR) is 104 cm³/mol. The largest absolute Gasteiger partial charge is 0.396 e. The number of aliphatic hydroxyl groups is 2. The first-order valence-corrected chi connectivity index (χ1v) is 9.83. The lowest BCUT2D eigenvalue weighted by Crippen LogP contribution is -2.17. The maximum atomic E-state index is 10.5. The number of benzene rings is 1. The predicted octanol–water partition coefficient (Wildman–Crippen LogP) is 5.22. The van der Waals surface area contributed by atoms with Gasteiger partial charge in [-0.1, -0.05) is 60.8 Å². The second kappa shape index (κ2) is 9.22. The van der Waals surface area contributed by atoms with Gasteiger partial charge >= 0.3 is 0 Å². The molecule has 0 aromatic heterocycles. The molecule has 2 N–H and O–H groups in total. The molecule has 5 heteroatoms. The molecule has 0 saturated heterocycles. The number of azide groups is 1. The van der Waals surface area contributed by atoms with Gasteiger partial charge < -0.3 is 10.2 Å².